The number of likely N-dealkylation sites (tertiary alicyclic amines) is 1. The van der Waals surface area contributed by atoms with E-state index in [1.54, 1.807) is 12.1 Å². The molecule has 0 saturated carbocycles. The van der Waals surface area contributed by atoms with Gasteiger partial charge in [0.25, 0.3) is 0 Å². The second-order valence-corrected chi connectivity index (χ2v) is 5.60. The quantitative estimate of drug-likeness (QED) is 0.850. The van der Waals surface area contributed by atoms with Gasteiger partial charge >= 0.3 is 0 Å². The molecule has 1 aliphatic heterocycles. The van der Waals surface area contributed by atoms with E-state index in [1.807, 2.05) is 19.2 Å². The summed E-state index contributed by atoms with van der Waals surface area (Å²) in [6, 6.07) is 6.91. The molecule has 1 aromatic rings. The van der Waals surface area contributed by atoms with E-state index < -0.39 is 0 Å². The fourth-order valence-electron chi connectivity index (χ4n) is 2.97. The predicted molar refractivity (Wildman–Crippen MR) is 77.8 cm³/mol. The SMILES string of the molecule is CNCC1CCCN(CCCc2ccc(F)cc2)C1. The molecule has 0 spiro atoms. The largest absolute Gasteiger partial charge is 0.319 e. The minimum atomic E-state index is -0.144. The Hall–Kier alpha value is -0.930. The third-order valence-corrected chi connectivity index (χ3v) is 3.95. The Balaban J connectivity index is 1.69. The summed E-state index contributed by atoms with van der Waals surface area (Å²) >= 11 is 0. The molecule has 1 unspecified atom stereocenters. The van der Waals surface area contributed by atoms with E-state index in [9.17, 15) is 4.39 Å². The van der Waals surface area contributed by atoms with Crippen molar-refractivity contribution in [3.63, 3.8) is 0 Å². The molecule has 19 heavy (non-hydrogen) atoms. The Bertz CT molecular complexity index is 362. The summed E-state index contributed by atoms with van der Waals surface area (Å²) < 4.78 is 12.8. The van der Waals surface area contributed by atoms with Gasteiger partial charge in [-0.15, -0.1) is 0 Å². The summed E-state index contributed by atoms with van der Waals surface area (Å²) in [5.41, 5.74) is 1.24. The molecular weight excluding hydrogens is 239 g/mol. The first-order valence-corrected chi connectivity index (χ1v) is 7.39. The number of nitrogens with zero attached hydrogens (tertiary/aromatic N) is 1. The van der Waals surface area contributed by atoms with Gasteiger partial charge in [-0.05, 0) is 76.0 Å². The first-order chi connectivity index (χ1) is 9.28. The van der Waals surface area contributed by atoms with Crippen molar-refractivity contribution in [2.24, 2.45) is 5.92 Å². The van der Waals surface area contributed by atoms with Crippen LogP contribution < -0.4 is 5.32 Å². The molecule has 0 radical (unpaired) electrons. The van der Waals surface area contributed by atoms with Gasteiger partial charge in [0.05, 0.1) is 0 Å². The number of rotatable bonds is 6. The number of benzene rings is 1. The lowest BCUT2D eigenvalue weighted by atomic mass is 9.97. The van der Waals surface area contributed by atoms with Crippen LogP contribution in [0.4, 0.5) is 4.39 Å². The predicted octanol–water partition coefficient (Wildman–Crippen LogP) is 2.69. The van der Waals surface area contributed by atoms with Crippen LogP contribution in [0.2, 0.25) is 0 Å². The first-order valence-electron chi connectivity index (χ1n) is 7.39. The van der Waals surface area contributed by atoms with Gasteiger partial charge in [0, 0.05) is 6.54 Å². The minimum absolute atomic E-state index is 0.144. The standard InChI is InChI=1S/C16H25FN2/c1-18-12-15-5-3-11-19(13-15)10-2-4-14-6-8-16(17)9-7-14/h6-9,15,18H,2-5,10-13H2,1H3. The molecule has 1 fully saturated rings. The Morgan fingerprint density at radius 1 is 1.32 bits per heavy atom. The average Bonchev–Trinajstić information content (AvgIpc) is 2.42. The summed E-state index contributed by atoms with van der Waals surface area (Å²) in [5.74, 6) is 0.666. The molecule has 1 aromatic carbocycles. The van der Waals surface area contributed by atoms with Crippen molar-refractivity contribution in [3.8, 4) is 0 Å². The summed E-state index contributed by atoms with van der Waals surface area (Å²) in [5, 5.41) is 3.28. The third-order valence-electron chi connectivity index (χ3n) is 3.95. The van der Waals surface area contributed by atoms with E-state index in [0.717, 1.165) is 31.8 Å². The molecule has 0 amide bonds. The number of nitrogens with one attached hydrogen (secondary N) is 1. The van der Waals surface area contributed by atoms with Crippen LogP contribution in [0.1, 0.15) is 24.8 Å². The Morgan fingerprint density at radius 2 is 2.11 bits per heavy atom. The van der Waals surface area contributed by atoms with Gasteiger partial charge in [-0.1, -0.05) is 12.1 Å². The molecule has 0 bridgehead atoms. The highest BCUT2D eigenvalue weighted by atomic mass is 19.1. The highest BCUT2D eigenvalue weighted by Gasteiger charge is 2.18. The van der Waals surface area contributed by atoms with Crippen LogP contribution >= 0.6 is 0 Å². The highest BCUT2D eigenvalue weighted by molar-refractivity contribution is 5.15. The lowest BCUT2D eigenvalue weighted by molar-refractivity contribution is 0.172. The molecule has 0 aromatic heterocycles. The monoisotopic (exact) mass is 264 g/mol. The molecule has 106 valence electrons. The lowest BCUT2D eigenvalue weighted by Gasteiger charge is -2.32. The van der Waals surface area contributed by atoms with Gasteiger partial charge in [0.1, 0.15) is 5.82 Å². The molecule has 1 saturated heterocycles. The van der Waals surface area contributed by atoms with Crippen LogP contribution in [0, 0.1) is 11.7 Å². The maximum atomic E-state index is 12.8. The number of hydrogen-bond acceptors (Lipinski definition) is 2. The average molecular weight is 264 g/mol. The van der Waals surface area contributed by atoms with Crippen LogP contribution in [0.5, 0.6) is 0 Å². The van der Waals surface area contributed by atoms with Gasteiger partial charge in [0.2, 0.25) is 0 Å². The summed E-state index contributed by atoms with van der Waals surface area (Å²) in [6.45, 7) is 4.76. The number of piperidine rings is 1. The zero-order chi connectivity index (χ0) is 13.5. The van der Waals surface area contributed by atoms with E-state index in [0.29, 0.717) is 0 Å². The van der Waals surface area contributed by atoms with Crippen LogP contribution in [0.15, 0.2) is 24.3 Å². The Morgan fingerprint density at radius 3 is 2.84 bits per heavy atom. The van der Waals surface area contributed by atoms with Crippen LogP contribution in [0.3, 0.4) is 0 Å². The van der Waals surface area contributed by atoms with Crippen molar-refractivity contribution in [1.29, 1.82) is 0 Å². The van der Waals surface area contributed by atoms with Crippen molar-refractivity contribution in [2.45, 2.75) is 25.7 Å². The van der Waals surface area contributed by atoms with E-state index in [2.05, 4.69) is 10.2 Å². The first kappa shape index (κ1) is 14.5. The molecule has 1 atom stereocenters. The topological polar surface area (TPSA) is 15.3 Å². The van der Waals surface area contributed by atoms with E-state index in [-0.39, 0.29) is 5.82 Å². The van der Waals surface area contributed by atoms with E-state index in [4.69, 9.17) is 0 Å². The normalized spacial score (nSPS) is 20.6. The second kappa shape index (κ2) is 7.61. The molecule has 1 N–H and O–H groups in total. The van der Waals surface area contributed by atoms with Gasteiger partial charge < -0.3 is 10.2 Å². The zero-order valence-electron chi connectivity index (χ0n) is 11.9. The fraction of sp³-hybridized carbons (Fsp3) is 0.625. The molecule has 0 aliphatic carbocycles. The molecule has 1 aliphatic rings. The number of halogens is 1. The van der Waals surface area contributed by atoms with Crippen LogP contribution in [-0.2, 0) is 6.42 Å². The Labute approximate surface area is 116 Å². The zero-order valence-corrected chi connectivity index (χ0v) is 11.9. The molecular formula is C16H25FN2. The summed E-state index contributed by atoms with van der Waals surface area (Å²) in [7, 11) is 2.04. The van der Waals surface area contributed by atoms with Crippen LogP contribution in [-0.4, -0.2) is 38.1 Å². The van der Waals surface area contributed by atoms with Crippen molar-refractivity contribution in [2.75, 3.05) is 33.2 Å². The highest BCUT2D eigenvalue weighted by Crippen LogP contribution is 2.16. The third kappa shape index (κ3) is 4.92. The Kier molecular flexibility index (Phi) is 5.80. The number of hydrogen-bond donors (Lipinski definition) is 1. The summed E-state index contributed by atoms with van der Waals surface area (Å²) in [4.78, 5) is 2.58. The van der Waals surface area contributed by atoms with Crippen molar-refractivity contribution in [1.82, 2.24) is 10.2 Å². The minimum Gasteiger partial charge on any atom is -0.319 e. The van der Waals surface area contributed by atoms with Crippen molar-refractivity contribution >= 4 is 0 Å². The molecule has 2 nitrogen and oxygen atoms in total. The maximum absolute atomic E-state index is 12.8. The van der Waals surface area contributed by atoms with Crippen LogP contribution in [0.25, 0.3) is 0 Å². The molecule has 3 heteroatoms. The smallest absolute Gasteiger partial charge is 0.123 e. The molecule has 1 heterocycles. The summed E-state index contributed by atoms with van der Waals surface area (Å²) in [6.07, 6.45) is 4.89. The van der Waals surface area contributed by atoms with Gasteiger partial charge in [0.15, 0.2) is 0 Å². The second-order valence-electron chi connectivity index (χ2n) is 5.60. The maximum Gasteiger partial charge on any atom is 0.123 e. The molecule has 2 rings (SSSR count). The van der Waals surface area contributed by atoms with Gasteiger partial charge in [-0.25, -0.2) is 4.39 Å². The lowest BCUT2D eigenvalue weighted by Crippen LogP contribution is -2.39. The van der Waals surface area contributed by atoms with Gasteiger partial charge in [-0.3, -0.25) is 0 Å². The number of aryl methyl sites for hydroxylation is 1. The van der Waals surface area contributed by atoms with E-state index >= 15 is 0 Å². The van der Waals surface area contributed by atoms with E-state index in [1.165, 1.54) is 31.5 Å². The van der Waals surface area contributed by atoms with Crippen molar-refractivity contribution in [3.05, 3.63) is 35.6 Å². The van der Waals surface area contributed by atoms with Gasteiger partial charge in [-0.2, -0.15) is 0 Å². The fourth-order valence-corrected chi connectivity index (χ4v) is 2.97. The van der Waals surface area contributed by atoms with Crippen molar-refractivity contribution < 1.29 is 4.39 Å².